The van der Waals surface area contributed by atoms with E-state index in [1.807, 2.05) is 6.92 Å². The maximum atomic E-state index is 12.4. The molecule has 0 saturated carbocycles. The van der Waals surface area contributed by atoms with Gasteiger partial charge in [-0.2, -0.15) is 0 Å². The summed E-state index contributed by atoms with van der Waals surface area (Å²) in [5.74, 6) is -0.334. The summed E-state index contributed by atoms with van der Waals surface area (Å²) in [4.78, 5) is 37.5. The van der Waals surface area contributed by atoms with Gasteiger partial charge in [-0.15, -0.1) is 6.58 Å². The van der Waals surface area contributed by atoms with E-state index in [-0.39, 0.29) is 17.8 Å². The highest BCUT2D eigenvalue weighted by Gasteiger charge is 2.31. The topological polar surface area (TPSA) is 90.5 Å². The second-order valence-corrected chi connectivity index (χ2v) is 5.41. The van der Waals surface area contributed by atoms with E-state index in [0.29, 0.717) is 37.3 Å². The van der Waals surface area contributed by atoms with Crippen molar-refractivity contribution in [3.05, 3.63) is 42.5 Å². The second kappa shape index (κ2) is 8.14. The Bertz CT molecular complexity index is 627. The molecule has 1 aromatic carbocycles. The van der Waals surface area contributed by atoms with E-state index in [1.165, 1.54) is 4.90 Å². The molecular formula is C17H22N4O3. The molecule has 0 spiro atoms. The Kier molecular flexibility index (Phi) is 5.95. The summed E-state index contributed by atoms with van der Waals surface area (Å²) in [5, 5.41) is 8.20. The van der Waals surface area contributed by atoms with Gasteiger partial charge in [-0.1, -0.05) is 13.0 Å². The van der Waals surface area contributed by atoms with Crippen molar-refractivity contribution in [2.24, 2.45) is 0 Å². The summed E-state index contributed by atoms with van der Waals surface area (Å²) in [5.41, 5.74) is 1.07. The minimum Gasteiger partial charge on any atom is -0.353 e. The summed E-state index contributed by atoms with van der Waals surface area (Å²) < 4.78 is 0. The number of carbonyl (C=O) groups is 3. The summed E-state index contributed by atoms with van der Waals surface area (Å²) >= 11 is 0. The fourth-order valence-corrected chi connectivity index (χ4v) is 2.53. The van der Waals surface area contributed by atoms with Gasteiger partial charge in [-0.3, -0.25) is 9.59 Å². The summed E-state index contributed by atoms with van der Waals surface area (Å²) in [6, 6.07) is 5.81. The van der Waals surface area contributed by atoms with Gasteiger partial charge in [0.05, 0.1) is 0 Å². The smallest absolute Gasteiger partial charge is 0.322 e. The lowest BCUT2D eigenvalue weighted by Gasteiger charge is -2.34. The maximum absolute atomic E-state index is 12.4. The molecule has 7 heteroatoms. The van der Waals surface area contributed by atoms with Crippen molar-refractivity contribution in [2.45, 2.75) is 19.4 Å². The van der Waals surface area contributed by atoms with Crippen molar-refractivity contribution in [3.8, 4) is 0 Å². The number of anilines is 1. The Labute approximate surface area is 141 Å². The highest BCUT2D eigenvalue weighted by atomic mass is 16.2. The number of hydrogen-bond acceptors (Lipinski definition) is 3. The third-order valence-electron chi connectivity index (χ3n) is 3.78. The quantitative estimate of drug-likeness (QED) is 0.712. The van der Waals surface area contributed by atoms with Crippen LogP contribution in [0.2, 0.25) is 0 Å². The van der Waals surface area contributed by atoms with Crippen LogP contribution < -0.4 is 16.0 Å². The first-order valence-electron chi connectivity index (χ1n) is 7.91. The molecule has 2 rings (SSSR count). The van der Waals surface area contributed by atoms with Crippen LogP contribution in [0.5, 0.6) is 0 Å². The van der Waals surface area contributed by atoms with Crippen LogP contribution >= 0.6 is 0 Å². The largest absolute Gasteiger partial charge is 0.353 e. The molecule has 0 aliphatic carbocycles. The van der Waals surface area contributed by atoms with Gasteiger partial charge >= 0.3 is 6.03 Å². The van der Waals surface area contributed by atoms with E-state index in [2.05, 4.69) is 22.5 Å². The van der Waals surface area contributed by atoms with Gasteiger partial charge in [0, 0.05) is 30.9 Å². The number of carbonyl (C=O) groups excluding carboxylic acids is 3. The molecule has 1 aromatic rings. The normalized spacial score (nSPS) is 17.0. The van der Waals surface area contributed by atoms with Crippen molar-refractivity contribution < 1.29 is 14.4 Å². The zero-order chi connectivity index (χ0) is 17.5. The SMILES string of the molecule is C=CCNC(=O)c1ccc(NC(=O)N2CCNC(=O)C2CC)cc1. The number of rotatable bonds is 5. The van der Waals surface area contributed by atoms with Gasteiger partial charge in [0.15, 0.2) is 0 Å². The zero-order valence-corrected chi connectivity index (χ0v) is 13.7. The van der Waals surface area contributed by atoms with E-state index in [4.69, 9.17) is 0 Å². The van der Waals surface area contributed by atoms with Gasteiger partial charge < -0.3 is 20.9 Å². The van der Waals surface area contributed by atoms with Crippen LogP contribution in [0.3, 0.4) is 0 Å². The molecule has 1 aliphatic heterocycles. The molecule has 1 heterocycles. The number of nitrogens with one attached hydrogen (secondary N) is 3. The van der Waals surface area contributed by atoms with Crippen LogP contribution in [0.4, 0.5) is 10.5 Å². The second-order valence-electron chi connectivity index (χ2n) is 5.41. The molecule has 7 nitrogen and oxygen atoms in total. The number of amides is 4. The van der Waals surface area contributed by atoms with Crippen LogP contribution in [0.15, 0.2) is 36.9 Å². The van der Waals surface area contributed by atoms with Gasteiger partial charge in [-0.05, 0) is 30.7 Å². The van der Waals surface area contributed by atoms with Crippen molar-refractivity contribution >= 4 is 23.5 Å². The van der Waals surface area contributed by atoms with E-state index in [0.717, 1.165) is 0 Å². The standard InChI is InChI=1S/C17H22N4O3/c1-3-9-18-15(22)12-5-7-13(8-6-12)20-17(24)21-11-10-19-16(23)14(21)4-2/h3,5-8,14H,1,4,9-11H2,2H3,(H,18,22)(H,19,23)(H,20,24). The predicted molar refractivity (Wildman–Crippen MR) is 91.8 cm³/mol. The summed E-state index contributed by atoms with van der Waals surface area (Å²) in [7, 11) is 0. The highest BCUT2D eigenvalue weighted by molar-refractivity contribution is 5.96. The van der Waals surface area contributed by atoms with Crippen LogP contribution in [0, 0.1) is 0 Å². The Morgan fingerprint density at radius 3 is 2.71 bits per heavy atom. The number of piperazine rings is 1. The Morgan fingerprint density at radius 1 is 1.38 bits per heavy atom. The van der Waals surface area contributed by atoms with Crippen LogP contribution in [-0.4, -0.2) is 48.4 Å². The van der Waals surface area contributed by atoms with Crippen LogP contribution in [0.1, 0.15) is 23.7 Å². The van der Waals surface area contributed by atoms with E-state index in [1.54, 1.807) is 30.3 Å². The zero-order valence-electron chi connectivity index (χ0n) is 13.7. The minimum atomic E-state index is -0.456. The van der Waals surface area contributed by atoms with Crippen molar-refractivity contribution in [2.75, 3.05) is 25.0 Å². The average Bonchev–Trinajstić information content (AvgIpc) is 2.60. The molecule has 1 unspecified atom stereocenters. The first-order chi connectivity index (χ1) is 11.6. The number of nitrogens with zero attached hydrogens (tertiary/aromatic N) is 1. The molecule has 1 atom stereocenters. The lowest BCUT2D eigenvalue weighted by Crippen LogP contribution is -2.57. The molecule has 0 bridgehead atoms. The Hall–Kier alpha value is -2.83. The monoisotopic (exact) mass is 330 g/mol. The summed E-state index contributed by atoms with van der Waals surface area (Å²) in [6.45, 7) is 6.72. The number of urea groups is 1. The fraction of sp³-hybridized carbons (Fsp3) is 0.353. The molecule has 128 valence electrons. The van der Waals surface area contributed by atoms with E-state index in [9.17, 15) is 14.4 Å². The van der Waals surface area contributed by atoms with Gasteiger partial charge in [0.25, 0.3) is 5.91 Å². The number of benzene rings is 1. The molecule has 1 aliphatic rings. The van der Waals surface area contributed by atoms with Crippen molar-refractivity contribution in [3.63, 3.8) is 0 Å². The minimum absolute atomic E-state index is 0.131. The third-order valence-corrected chi connectivity index (χ3v) is 3.78. The van der Waals surface area contributed by atoms with E-state index >= 15 is 0 Å². The van der Waals surface area contributed by atoms with Crippen LogP contribution in [0.25, 0.3) is 0 Å². The van der Waals surface area contributed by atoms with Crippen LogP contribution in [-0.2, 0) is 4.79 Å². The predicted octanol–water partition coefficient (Wildman–Crippen LogP) is 1.34. The first-order valence-corrected chi connectivity index (χ1v) is 7.91. The molecule has 24 heavy (non-hydrogen) atoms. The lowest BCUT2D eigenvalue weighted by molar-refractivity contribution is -0.127. The lowest BCUT2D eigenvalue weighted by atomic mass is 10.1. The summed E-state index contributed by atoms with van der Waals surface area (Å²) in [6.07, 6.45) is 2.16. The molecule has 1 fully saturated rings. The van der Waals surface area contributed by atoms with Gasteiger partial charge in [0.2, 0.25) is 5.91 Å². The molecule has 4 amide bonds. The average molecular weight is 330 g/mol. The highest BCUT2D eigenvalue weighted by Crippen LogP contribution is 2.14. The van der Waals surface area contributed by atoms with Crippen molar-refractivity contribution in [1.82, 2.24) is 15.5 Å². The van der Waals surface area contributed by atoms with Gasteiger partial charge in [0.1, 0.15) is 6.04 Å². The van der Waals surface area contributed by atoms with E-state index < -0.39 is 6.04 Å². The third kappa shape index (κ3) is 4.13. The molecule has 1 saturated heterocycles. The molecular weight excluding hydrogens is 308 g/mol. The first kappa shape index (κ1) is 17.5. The van der Waals surface area contributed by atoms with Gasteiger partial charge in [-0.25, -0.2) is 4.79 Å². The number of hydrogen-bond donors (Lipinski definition) is 3. The Balaban J connectivity index is 2.00. The molecule has 0 radical (unpaired) electrons. The fourth-order valence-electron chi connectivity index (χ4n) is 2.53. The molecule has 0 aromatic heterocycles. The Morgan fingerprint density at radius 2 is 2.08 bits per heavy atom. The molecule has 3 N–H and O–H groups in total. The van der Waals surface area contributed by atoms with Crippen molar-refractivity contribution in [1.29, 1.82) is 0 Å². The maximum Gasteiger partial charge on any atom is 0.322 e.